The topological polar surface area (TPSA) is 35.6 Å². The molecule has 1 saturated heterocycles. The van der Waals surface area contributed by atoms with Gasteiger partial charge in [0.05, 0.1) is 0 Å². The van der Waals surface area contributed by atoms with Gasteiger partial charge in [0.15, 0.2) is 0 Å². The molecule has 0 aliphatic carbocycles. The van der Waals surface area contributed by atoms with Crippen molar-refractivity contribution in [3.63, 3.8) is 0 Å². The maximum atomic E-state index is 12.4. The van der Waals surface area contributed by atoms with Crippen LogP contribution in [0.2, 0.25) is 5.02 Å². The summed E-state index contributed by atoms with van der Waals surface area (Å²) in [6, 6.07) is 6.06. The van der Waals surface area contributed by atoms with Crippen molar-refractivity contribution in [3.8, 4) is 0 Å². The molecule has 2 aliphatic rings. The van der Waals surface area contributed by atoms with Gasteiger partial charge in [-0.3, -0.25) is 0 Å². The lowest BCUT2D eigenvalue weighted by Crippen LogP contribution is -2.48. The lowest BCUT2D eigenvalue weighted by Gasteiger charge is -2.36. The van der Waals surface area contributed by atoms with Crippen LogP contribution < -0.4 is 5.32 Å². The quantitative estimate of drug-likeness (QED) is 0.864. The molecule has 108 valence electrons. The maximum Gasteiger partial charge on any atom is 0.322 e. The Kier molecular flexibility index (Phi) is 3.85. The molecule has 0 spiro atoms. The van der Waals surface area contributed by atoms with E-state index in [0.29, 0.717) is 6.04 Å². The van der Waals surface area contributed by atoms with Crippen molar-refractivity contribution in [1.29, 1.82) is 0 Å². The summed E-state index contributed by atoms with van der Waals surface area (Å²) in [5, 5.41) is 3.75. The van der Waals surface area contributed by atoms with Crippen LogP contribution in [-0.2, 0) is 6.42 Å². The van der Waals surface area contributed by atoms with Gasteiger partial charge in [-0.2, -0.15) is 0 Å². The Morgan fingerprint density at radius 2 is 2.00 bits per heavy atom. The van der Waals surface area contributed by atoms with Gasteiger partial charge in [0.25, 0.3) is 0 Å². The number of amides is 2. The van der Waals surface area contributed by atoms with Crippen LogP contribution in [-0.4, -0.2) is 48.6 Å². The van der Waals surface area contributed by atoms with E-state index in [0.717, 1.165) is 55.2 Å². The fourth-order valence-corrected chi connectivity index (χ4v) is 3.27. The highest BCUT2D eigenvalue weighted by Gasteiger charge is 2.29. The van der Waals surface area contributed by atoms with Crippen molar-refractivity contribution in [1.82, 2.24) is 9.80 Å². The minimum atomic E-state index is 0.0284. The normalized spacial score (nSPS) is 21.3. The average Bonchev–Trinajstić information content (AvgIpc) is 2.58. The van der Waals surface area contributed by atoms with Gasteiger partial charge in [-0.1, -0.05) is 11.6 Å². The highest BCUT2D eigenvalue weighted by Crippen LogP contribution is 2.26. The van der Waals surface area contributed by atoms with E-state index in [9.17, 15) is 4.79 Å². The number of carbonyl (C=O) groups excluding carboxylic acids is 1. The Morgan fingerprint density at radius 3 is 2.75 bits per heavy atom. The highest BCUT2D eigenvalue weighted by molar-refractivity contribution is 6.30. The van der Waals surface area contributed by atoms with Crippen LogP contribution >= 0.6 is 11.6 Å². The lowest BCUT2D eigenvalue weighted by molar-refractivity contribution is 0.141. The first kappa shape index (κ1) is 13.7. The molecule has 2 amide bonds. The number of likely N-dealkylation sites (tertiary alicyclic amines) is 1. The van der Waals surface area contributed by atoms with E-state index in [-0.39, 0.29) is 6.03 Å². The first-order valence-corrected chi connectivity index (χ1v) is 7.56. The third-order valence-corrected chi connectivity index (χ3v) is 4.56. The molecular weight excluding hydrogens is 274 g/mol. The molecule has 0 radical (unpaired) electrons. The van der Waals surface area contributed by atoms with Crippen molar-refractivity contribution in [2.24, 2.45) is 0 Å². The summed E-state index contributed by atoms with van der Waals surface area (Å²) in [5.41, 5.74) is 2.02. The summed E-state index contributed by atoms with van der Waals surface area (Å²) in [7, 11) is 2.14. The fraction of sp³-hybridized carbons (Fsp3) is 0.533. The number of halogens is 1. The van der Waals surface area contributed by atoms with Crippen LogP contribution in [0, 0.1) is 0 Å². The average molecular weight is 294 g/mol. The van der Waals surface area contributed by atoms with Gasteiger partial charge in [-0.25, -0.2) is 4.79 Å². The molecule has 20 heavy (non-hydrogen) atoms. The molecule has 1 fully saturated rings. The minimum absolute atomic E-state index is 0.0284. The van der Waals surface area contributed by atoms with Gasteiger partial charge < -0.3 is 15.1 Å². The van der Waals surface area contributed by atoms with Gasteiger partial charge in [0, 0.05) is 23.3 Å². The molecule has 1 aromatic carbocycles. The number of anilines is 1. The molecule has 2 aliphatic heterocycles. The third-order valence-electron chi connectivity index (χ3n) is 4.32. The maximum absolute atomic E-state index is 12.4. The number of nitrogens with zero attached hydrogens (tertiary/aromatic N) is 2. The van der Waals surface area contributed by atoms with Crippen LogP contribution in [0.5, 0.6) is 0 Å². The second kappa shape index (κ2) is 5.62. The van der Waals surface area contributed by atoms with Gasteiger partial charge in [0.2, 0.25) is 0 Å². The fourth-order valence-electron chi connectivity index (χ4n) is 3.08. The summed E-state index contributed by atoms with van der Waals surface area (Å²) in [4.78, 5) is 16.7. The minimum Gasteiger partial charge on any atom is -0.321 e. The first-order valence-electron chi connectivity index (χ1n) is 7.18. The zero-order valence-electron chi connectivity index (χ0n) is 11.7. The van der Waals surface area contributed by atoms with E-state index in [1.807, 2.05) is 23.1 Å². The summed E-state index contributed by atoms with van der Waals surface area (Å²) >= 11 is 6.04. The van der Waals surface area contributed by atoms with Crippen molar-refractivity contribution >= 4 is 23.3 Å². The van der Waals surface area contributed by atoms with E-state index in [1.54, 1.807) is 0 Å². The number of fused-ring (bicyclic) bond motifs is 1. The van der Waals surface area contributed by atoms with E-state index in [2.05, 4.69) is 17.3 Å². The number of urea groups is 1. The van der Waals surface area contributed by atoms with Crippen molar-refractivity contribution in [3.05, 3.63) is 28.8 Å². The summed E-state index contributed by atoms with van der Waals surface area (Å²) < 4.78 is 0. The third kappa shape index (κ3) is 2.76. The highest BCUT2D eigenvalue weighted by atomic mass is 35.5. The Labute approximate surface area is 124 Å². The monoisotopic (exact) mass is 293 g/mol. The molecule has 0 atom stereocenters. The second-order valence-electron chi connectivity index (χ2n) is 5.71. The molecule has 1 aromatic rings. The van der Waals surface area contributed by atoms with E-state index >= 15 is 0 Å². The molecular formula is C15H20ClN3O. The summed E-state index contributed by atoms with van der Waals surface area (Å²) in [6.45, 7) is 2.90. The predicted octanol–water partition coefficient (Wildman–Crippen LogP) is 2.82. The molecule has 0 bridgehead atoms. The zero-order chi connectivity index (χ0) is 14.1. The van der Waals surface area contributed by atoms with Crippen LogP contribution in [0.15, 0.2) is 18.2 Å². The molecule has 1 N–H and O–H groups in total. The summed E-state index contributed by atoms with van der Waals surface area (Å²) in [6.07, 6.45) is 2.98. The molecule has 0 aromatic heterocycles. The molecule has 3 rings (SSSR count). The Bertz CT molecular complexity index is 512. The number of rotatable bonds is 1. The van der Waals surface area contributed by atoms with Crippen molar-refractivity contribution < 1.29 is 4.79 Å². The molecule has 4 nitrogen and oxygen atoms in total. The van der Waals surface area contributed by atoms with Crippen LogP contribution in [0.4, 0.5) is 10.5 Å². The van der Waals surface area contributed by atoms with Crippen LogP contribution in [0.3, 0.4) is 0 Å². The Balaban J connectivity index is 1.75. The Morgan fingerprint density at radius 1 is 1.25 bits per heavy atom. The van der Waals surface area contributed by atoms with Gasteiger partial charge in [0.1, 0.15) is 0 Å². The second-order valence-corrected chi connectivity index (χ2v) is 6.15. The zero-order valence-corrected chi connectivity index (χ0v) is 12.5. The number of hydrogen-bond donors (Lipinski definition) is 1. The SMILES string of the molecule is CN1CCC(N2CCc3cc(Cl)ccc3NC2=O)CC1. The van der Waals surface area contributed by atoms with Gasteiger partial charge in [-0.15, -0.1) is 0 Å². The molecule has 0 unspecified atom stereocenters. The number of piperidine rings is 1. The van der Waals surface area contributed by atoms with Crippen LogP contribution in [0.1, 0.15) is 18.4 Å². The largest absolute Gasteiger partial charge is 0.322 e. The van der Waals surface area contributed by atoms with Crippen molar-refractivity contribution in [2.75, 3.05) is 32.0 Å². The van der Waals surface area contributed by atoms with Crippen LogP contribution in [0.25, 0.3) is 0 Å². The smallest absolute Gasteiger partial charge is 0.321 e. The van der Waals surface area contributed by atoms with E-state index < -0.39 is 0 Å². The van der Waals surface area contributed by atoms with Gasteiger partial charge in [-0.05, 0) is 63.2 Å². The number of benzene rings is 1. The molecule has 0 saturated carbocycles. The van der Waals surface area contributed by atoms with Crippen molar-refractivity contribution in [2.45, 2.75) is 25.3 Å². The Hall–Kier alpha value is -1.26. The predicted molar refractivity (Wildman–Crippen MR) is 81.4 cm³/mol. The summed E-state index contributed by atoms with van der Waals surface area (Å²) in [5.74, 6) is 0. The molecule has 5 heteroatoms. The van der Waals surface area contributed by atoms with E-state index in [1.165, 1.54) is 0 Å². The number of carbonyl (C=O) groups is 1. The lowest BCUT2D eigenvalue weighted by atomic mass is 10.0. The van der Waals surface area contributed by atoms with E-state index in [4.69, 9.17) is 11.6 Å². The van der Waals surface area contributed by atoms with Gasteiger partial charge >= 0.3 is 6.03 Å². The first-order chi connectivity index (χ1) is 9.63. The standard InChI is InChI=1S/C15H20ClN3O/c1-18-7-5-13(6-8-18)19-9-4-11-10-12(16)2-3-14(11)17-15(19)20/h2-3,10,13H,4-9H2,1H3,(H,17,20). The number of hydrogen-bond acceptors (Lipinski definition) is 2. The molecule has 2 heterocycles. The number of nitrogens with one attached hydrogen (secondary N) is 1.